The van der Waals surface area contributed by atoms with E-state index in [-0.39, 0.29) is 0 Å². The third-order valence-corrected chi connectivity index (χ3v) is 3.78. The van der Waals surface area contributed by atoms with Crippen LogP contribution in [0.2, 0.25) is 0 Å². The minimum atomic E-state index is 0.562. The molecule has 1 saturated carbocycles. The second kappa shape index (κ2) is 5.39. The van der Waals surface area contributed by atoms with Crippen LogP contribution in [0.15, 0.2) is 12.3 Å². The molecule has 0 radical (unpaired) electrons. The Morgan fingerprint density at radius 3 is 2.82 bits per heavy atom. The molecular formula is C14H23N3. The zero-order valence-corrected chi connectivity index (χ0v) is 10.9. The second-order valence-corrected chi connectivity index (χ2v) is 5.30. The average Bonchev–Trinajstić information content (AvgIpc) is 2.48. The van der Waals surface area contributed by atoms with E-state index in [9.17, 15) is 0 Å². The first-order chi connectivity index (χ1) is 8.16. The zero-order chi connectivity index (χ0) is 12.3. The quantitative estimate of drug-likeness (QED) is 0.770. The van der Waals surface area contributed by atoms with Crippen LogP contribution in [0.25, 0.3) is 0 Å². The van der Waals surface area contributed by atoms with Gasteiger partial charge in [0.15, 0.2) is 0 Å². The van der Waals surface area contributed by atoms with Crippen molar-refractivity contribution in [1.29, 1.82) is 0 Å². The monoisotopic (exact) mass is 233 g/mol. The smallest absolute Gasteiger partial charge is 0.129 e. The topological polar surface area (TPSA) is 50.9 Å². The molecule has 17 heavy (non-hydrogen) atoms. The van der Waals surface area contributed by atoms with Crippen molar-refractivity contribution in [1.82, 2.24) is 4.98 Å². The van der Waals surface area contributed by atoms with Gasteiger partial charge in [0.2, 0.25) is 0 Å². The number of nitrogens with zero attached hydrogens (tertiary/aromatic N) is 1. The van der Waals surface area contributed by atoms with Gasteiger partial charge in [0, 0.05) is 6.04 Å². The van der Waals surface area contributed by atoms with Crippen molar-refractivity contribution in [2.24, 2.45) is 5.92 Å². The zero-order valence-electron chi connectivity index (χ0n) is 10.9. The molecule has 94 valence electrons. The third-order valence-electron chi connectivity index (χ3n) is 3.78. The van der Waals surface area contributed by atoms with E-state index in [2.05, 4.69) is 24.1 Å². The van der Waals surface area contributed by atoms with Gasteiger partial charge in [-0.2, -0.15) is 0 Å². The van der Waals surface area contributed by atoms with Crippen molar-refractivity contribution in [2.45, 2.75) is 52.0 Å². The Hall–Kier alpha value is -1.25. The molecule has 0 aliphatic heterocycles. The molecule has 1 fully saturated rings. The summed E-state index contributed by atoms with van der Waals surface area (Å²) in [5.41, 5.74) is 7.60. The van der Waals surface area contributed by atoms with E-state index >= 15 is 0 Å². The van der Waals surface area contributed by atoms with Crippen LogP contribution in [0.1, 0.15) is 44.6 Å². The van der Waals surface area contributed by atoms with Crippen LogP contribution < -0.4 is 11.1 Å². The fourth-order valence-corrected chi connectivity index (χ4v) is 2.63. The first kappa shape index (κ1) is 12.2. The molecule has 1 heterocycles. The average molecular weight is 233 g/mol. The van der Waals surface area contributed by atoms with Crippen LogP contribution in [0.4, 0.5) is 11.5 Å². The number of aromatic nitrogens is 1. The van der Waals surface area contributed by atoms with E-state index in [1.807, 2.05) is 6.07 Å². The van der Waals surface area contributed by atoms with Gasteiger partial charge in [-0.05, 0) is 37.3 Å². The Bertz CT molecular complexity index is 376. The van der Waals surface area contributed by atoms with Gasteiger partial charge in [-0.1, -0.05) is 26.2 Å². The molecule has 2 rings (SSSR count). The van der Waals surface area contributed by atoms with Crippen LogP contribution in [0.5, 0.6) is 0 Å². The van der Waals surface area contributed by atoms with Crippen LogP contribution in [-0.4, -0.2) is 11.0 Å². The van der Waals surface area contributed by atoms with Crippen LogP contribution in [0, 0.1) is 12.8 Å². The molecule has 0 bridgehead atoms. The summed E-state index contributed by atoms with van der Waals surface area (Å²) < 4.78 is 0. The van der Waals surface area contributed by atoms with Crippen LogP contribution in [0.3, 0.4) is 0 Å². The lowest BCUT2D eigenvalue weighted by Crippen LogP contribution is -2.27. The maximum absolute atomic E-state index is 5.72. The van der Waals surface area contributed by atoms with Crippen molar-refractivity contribution in [3.05, 3.63) is 17.8 Å². The normalized spacial score (nSPS) is 25.3. The van der Waals surface area contributed by atoms with Gasteiger partial charge < -0.3 is 11.1 Å². The van der Waals surface area contributed by atoms with Gasteiger partial charge in [0.1, 0.15) is 5.82 Å². The summed E-state index contributed by atoms with van der Waals surface area (Å²) in [5, 5.41) is 3.60. The predicted molar refractivity (Wildman–Crippen MR) is 73.0 cm³/mol. The minimum Gasteiger partial charge on any atom is -0.397 e. The second-order valence-electron chi connectivity index (χ2n) is 5.30. The van der Waals surface area contributed by atoms with Crippen molar-refractivity contribution < 1.29 is 0 Å². The molecule has 0 aromatic carbocycles. The van der Waals surface area contributed by atoms with E-state index in [1.54, 1.807) is 6.20 Å². The number of nitrogens with two attached hydrogens (primary N) is 1. The van der Waals surface area contributed by atoms with Crippen LogP contribution in [-0.2, 0) is 0 Å². The predicted octanol–water partition coefficient (Wildman–Crippen LogP) is 3.35. The number of pyridine rings is 1. The molecule has 3 nitrogen and oxygen atoms in total. The highest BCUT2D eigenvalue weighted by Gasteiger charge is 2.20. The van der Waals surface area contributed by atoms with Gasteiger partial charge in [0.25, 0.3) is 0 Å². The molecule has 0 spiro atoms. The highest BCUT2D eigenvalue weighted by Crippen LogP contribution is 2.26. The van der Waals surface area contributed by atoms with Crippen molar-refractivity contribution in [3.63, 3.8) is 0 Å². The van der Waals surface area contributed by atoms with Crippen molar-refractivity contribution >= 4 is 11.5 Å². The molecule has 2 atom stereocenters. The molecule has 3 N–H and O–H groups in total. The number of hydrogen-bond donors (Lipinski definition) is 2. The fourth-order valence-electron chi connectivity index (χ4n) is 2.63. The molecule has 1 aromatic rings. The summed E-state index contributed by atoms with van der Waals surface area (Å²) in [6, 6.07) is 2.55. The number of nitrogens with one attached hydrogen (secondary N) is 1. The van der Waals surface area contributed by atoms with E-state index in [4.69, 9.17) is 5.73 Å². The Morgan fingerprint density at radius 2 is 2.06 bits per heavy atom. The van der Waals surface area contributed by atoms with E-state index < -0.39 is 0 Å². The lowest BCUT2D eigenvalue weighted by atomic mass is 9.97. The number of rotatable bonds is 2. The van der Waals surface area contributed by atoms with Crippen molar-refractivity contribution in [2.75, 3.05) is 11.1 Å². The van der Waals surface area contributed by atoms with Gasteiger partial charge in [0.05, 0.1) is 11.9 Å². The van der Waals surface area contributed by atoms with Gasteiger partial charge >= 0.3 is 0 Å². The van der Waals surface area contributed by atoms with Crippen molar-refractivity contribution in [3.8, 4) is 0 Å². The van der Waals surface area contributed by atoms with E-state index in [1.165, 1.54) is 32.1 Å². The standard InChI is InChI=1S/C14H23N3/c1-10-6-4-3-5-7-13(10)17-14-11(2)8-12(15)9-16-14/h8-10,13H,3-7,15H2,1-2H3,(H,16,17). The maximum atomic E-state index is 5.72. The van der Waals surface area contributed by atoms with E-state index in [0.29, 0.717) is 6.04 Å². The summed E-state index contributed by atoms with van der Waals surface area (Å²) in [4.78, 5) is 4.40. The lowest BCUT2D eigenvalue weighted by Gasteiger charge is -2.24. The number of anilines is 2. The first-order valence-electron chi connectivity index (χ1n) is 6.65. The SMILES string of the molecule is Cc1cc(N)cnc1NC1CCCCCC1C. The molecule has 1 aromatic heterocycles. The summed E-state index contributed by atoms with van der Waals surface area (Å²) in [6.07, 6.45) is 8.38. The highest BCUT2D eigenvalue weighted by molar-refractivity contribution is 5.51. The molecule has 2 unspecified atom stereocenters. The summed E-state index contributed by atoms with van der Waals surface area (Å²) >= 11 is 0. The summed E-state index contributed by atoms with van der Waals surface area (Å²) in [6.45, 7) is 4.41. The fraction of sp³-hybridized carbons (Fsp3) is 0.643. The number of aryl methyl sites for hydroxylation is 1. The Balaban J connectivity index is 2.08. The third kappa shape index (κ3) is 3.11. The molecule has 3 heteroatoms. The Labute approximate surface area is 104 Å². The Morgan fingerprint density at radius 1 is 1.29 bits per heavy atom. The summed E-state index contributed by atoms with van der Waals surface area (Å²) in [5.74, 6) is 1.73. The maximum Gasteiger partial charge on any atom is 0.129 e. The molecule has 0 saturated heterocycles. The van der Waals surface area contributed by atoms with Gasteiger partial charge in [-0.15, -0.1) is 0 Å². The minimum absolute atomic E-state index is 0.562. The first-order valence-corrected chi connectivity index (χ1v) is 6.65. The molecular weight excluding hydrogens is 210 g/mol. The Kier molecular flexibility index (Phi) is 3.87. The summed E-state index contributed by atoms with van der Waals surface area (Å²) in [7, 11) is 0. The highest BCUT2D eigenvalue weighted by atomic mass is 15.0. The van der Waals surface area contributed by atoms with Gasteiger partial charge in [-0.25, -0.2) is 4.98 Å². The molecule has 0 amide bonds. The number of hydrogen-bond acceptors (Lipinski definition) is 3. The number of nitrogen functional groups attached to an aromatic ring is 1. The molecule has 1 aliphatic carbocycles. The van der Waals surface area contributed by atoms with Gasteiger partial charge in [-0.3, -0.25) is 0 Å². The van der Waals surface area contributed by atoms with E-state index in [0.717, 1.165) is 23.0 Å². The lowest BCUT2D eigenvalue weighted by molar-refractivity contribution is 0.455. The largest absolute Gasteiger partial charge is 0.397 e. The van der Waals surface area contributed by atoms with Crippen LogP contribution >= 0.6 is 0 Å². The molecule has 1 aliphatic rings.